The Morgan fingerprint density at radius 2 is 2.00 bits per heavy atom. The van der Waals surface area contributed by atoms with Crippen LogP contribution in [0.1, 0.15) is 12.0 Å². The van der Waals surface area contributed by atoms with Gasteiger partial charge in [0.05, 0.1) is 5.02 Å². The van der Waals surface area contributed by atoms with Crippen molar-refractivity contribution in [3.05, 3.63) is 33.3 Å². The monoisotopic (exact) mass is 240 g/mol. The van der Waals surface area contributed by atoms with Crippen molar-refractivity contribution in [1.29, 1.82) is 0 Å². The Hall–Kier alpha value is -0.150. The van der Waals surface area contributed by atoms with Gasteiger partial charge in [0, 0.05) is 10.0 Å². The average Bonchev–Trinajstić information content (AvgIpc) is 1.94. The minimum Gasteiger partial charge on any atom is -0.205 e. The van der Waals surface area contributed by atoms with Gasteiger partial charge in [-0.1, -0.05) is 17.7 Å². The standard InChI is InChI=1S/C7H4BrClF2/c8-5-3-4(7(10)11)1-2-6(5)9/h1-3,7H. The summed E-state index contributed by atoms with van der Waals surface area (Å²) in [6.45, 7) is 0. The molecular weight excluding hydrogens is 237 g/mol. The Balaban J connectivity index is 3.05. The van der Waals surface area contributed by atoms with Crippen molar-refractivity contribution in [2.24, 2.45) is 0 Å². The second-order valence-corrected chi connectivity index (χ2v) is 3.24. The highest BCUT2D eigenvalue weighted by Gasteiger charge is 2.07. The van der Waals surface area contributed by atoms with Crippen LogP contribution < -0.4 is 0 Å². The van der Waals surface area contributed by atoms with Gasteiger partial charge in [-0.25, -0.2) is 8.78 Å². The highest BCUT2D eigenvalue weighted by atomic mass is 79.9. The molecule has 0 unspecified atom stereocenters. The van der Waals surface area contributed by atoms with Gasteiger partial charge >= 0.3 is 0 Å². The van der Waals surface area contributed by atoms with E-state index in [2.05, 4.69) is 15.9 Å². The molecule has 0 heterocycles. The maximum absolute atomic E-state index is 12.0. The summed E-state index contributed by atoms with van der Waals surface area (Å²) in [4.78, 5) is 0. The van der Waals surface area contributed by atoms with Crippen LogP contribution in [-0.2, 0) is 0 Å². The molecule has 11 heavy (non-hydrogen) atoms. The summed E-state index contributed by atoms with van der Waals surface area (Å²) in [5.41, 5.74) is -0.0266. The van der Waals surface area contributed by atoms with Crippen molar-refractivity contribution < 1.29 is 8.78 Å². The average molecular weight is 241 g/mol. The molecule has 0 aliphatic carbocycles. The van der Waals surface area contributed by atoms with E-state index in [9.17, 15) is 8.78 Å². The smallest absolute Gasteiger partial charge is 0.205 e. The maximum atomic E-state index is 12.0. The third-order valence-electron chi connectivity index (χ3n) is 1.20. The zero-order chi connectivity index (χ0) is 8.43. The summed E-state index contributed by atoms with van der Waals surface area (Å²) in [5, 5.41) is 0.439. The van der Waals surface area contributed by atoms with Crippen LogP contribution in [0.3, 0.4) is 0 Å². The molecule has 0 aliphatic heterocycles. The fourth-order valence-corrected chi connectivity index (χ4v) is 1.16. The van der Waals surface area contributed by atoms with Gasteiger partial charge in [-0.2, -0.15) is 0 Å². The molecule has 1 aromatic rings. The summed E-state index contributed by atoms with van der Waals surface area (Å²) in [6, 6.07) is 4.05. The topological polar surface area (TPSA) is 0 Å². The summed E-state index contributed by atoms with van der Waals surface area (Å²) in [6.07, 6.45) is -2.44. The van der Waals surface area contributed by atoms with E-state index < -0.39 is 6.43 Å². The first-order valence-electron chi connectivity index (χ1n) is 2.84. The highest BCUT2D eigenvalue weighted by Crippen LogP contribution is 2.27. The normalized spacial score (nSPS) is 10.6. The van der Waals surface area contributed by atoms with Gasteiger partial charge in [-0.15, -0.1) is 0 Å². The molecule has 0 bridgehead atoms. The number of halogens is 4. The van der Waals surface area contributed by atoms with Gasteiger partial charge in [-0.05, 0) is 28.1 Å². The number of hydrogen-bond acceptors (Lipinski definition) is 0. The first kappa shape index (κ1) is 8.94. The molecule has 0 saturated carbocycles. The Labute approximate surface area is 76.3 Å². The minimum absolute atomic E-state index is 0.0266. The molecule has 60 valence electrons. The summed E-state index contributed by atoms with van der Waals surface area (Å²) < 4.78 is 24.5. The number of rotatable bonds is 1. The van der Waals surface area contributed by atoms with E-state index in [0.29, 0.717) is 9.50 Å². The number of alkyl halides is 2. The quantitative estimate of drug-likeness (QED) is 0.696. The van der Waals surface area contributed by atoms with Gasteiger partial charge in [0.1, 0.15) is 0 Å². The fourth-order valence-electron chi connectivity index (χ4n) is 0.648. The van der Waals surface area contributed by atoms with Crippen LogP contribution in [0.4, 0.5) is 8.78 Å². The van der Waals surface area contributed by atoms with Gasteiger partial charge in [0.15, 0.2) is 0 Å². The lowest BCUT2D eigenvalue weighted by atomic mass is 10.2. The number of benzene rings is 1. The SMILES string of the molecule is FC(F)c1ccc(Cl)c(Br)c1. The van der Waals surface area contributed by atoms with Crippen molar-refractivity contribution >= 4 is 27.5 Å². The van der Waals surface area contributed by atoms with Crippen molar-refractivity contribution in [1.82, 2.24) is 0 Å². The molecule has 0 saturated heterocycles. The Morgan fingerprint density at radius 3 is 2.45 bits per heavy atom. The van der Waals surface area contributed by atoms with Gasteiger partial charge in [-0.3, -0.25) is 0 Å². The Bertz CT molecular complexity index is 263. The molecule has 0 amide bonds. The molecular formula is C7H4BrClF2. The van der Waals surface area contributed by atoms with Crippen molar-refractivity contribution in [2.75, 3.05) is 0 Å². The lowest BCUT2D eigenvalue weighted by Gasteiger charge is -2.00. The van der Waals surface area contributed by atoms with E-state index in [4.69, 9.17) is 11.6 Å². The highest BCUT2D eigenvalue weighted by molar-refractivity contribution is 9.10. The van der Waals surface area contributed by atoms with E-state index in [-0.39, 0.29) is 5.56 Å². The molecule has 0 aromatic heterocycles. The van der Waals surface area contributed by atoms with E-state index >= 15 is 0 Å². The third-order valence-corrected chi connectivity index (χ3v) is 2.41. The first-order valence-corrected chi connectivity index (χ1v) is 4.01. The molecule has 0 spiro atoms. The predicted molar refractivity (Wildman–Crippen MR) is 44.1 cm³/mol. The second-order valence-electron chi connectivity index (χ2n) is 1.97. The van der Waals surface area contributed by atoms with Crippen LogP contribution in [-0.4, -0.2) is 0 Å². The molecule has 0 fully saturated rings. The number of hydrogen-bond donors (Lipinski definition) is 0. The van der Waals surface area contributed by atoms with Crippen molar-refractivity contribution in [3.8, 4) is 0 Å². The van der Waals surface area contributed by atoms with E-state index in [1.807, 2.05) is 0 Å². The molecule has 4 heteroatoms. The Kier molecular flexibility index (Phi) is 2.84. The van der Waals surface area contributed by atoms with Crippen molar-refractivity contribution in [3.63, 3.8) is 0 Å². The first-order chi connectivity index (χ1) is 5.11. The molecule has 0 aliphatic rings. The third kappa shape index (κ3) is 2.14. The van der Waals surface area contributed by atoms with Gasteiger partial charge in [0.2, 0.25) is 0 Å². The predicted octanol–water partition coefficient (Wildman–Crippen LogP) is 4.04. The molecule has 0 radical (unpaired) electrons. The molecule has 0 atom stereocenters. The van der Waals surface area contributed by atoms with E-state index in [0.717, 1.165) is 0 Å². The zero-order valence-corrected chi connectivity index (χ0v) is 7.66. The van der Waals surface area contributed by atoms with Gasteiger partial charge < -0.3 is 0 Å². The van der Waals surface area contributed by atoms with E-state index in [1.54, 1.807) is 0 Å². The van der Waals surface area contributed by atoms with Crippen molar-refractivity contribution in [2.45, 2.75) is 6.43 Å². The summed E-state index contributed by atoms with van der Waals surface area (Å²) >= 11 is 8.64. The van der Waals surface area contributed by atoms with Crippen LogP contribution in [0, 0.1) is 0 Å². The zero-order valence-electron chi connectivity index (χ0n) is 5.32. The molecule has 1 aromatic carbocycles. The second kappa shape index (κ2) is 3.50. The fraction of sp³-hybridized carbons (Fsp3) is 0.143. The molecule has 0 N–H and O–H groups in total. The maximum Gasteiger partial charge on any atom is 0.263 e. The lowest BCUT2D eigenvalue weighted by Crippen LogP contribution is -1.82. The van der Waals surface area contributed by atoms with Crippen LogP contribution in [0.15, 0.2) is 22.7 Å². The van der Waals surface area contributed by atoms with Gasteiger partial charge in [0.25, 0.3) is 6.43 Å². The summed E-state index contributed by atoms with van der Waals surface area (Å²) in [7, 11) is 0. The summed E-state index contributed by atoms with van der Waals surface area (Å²) in [5.74, 6) is 0. The lowest BCUT2D eigenvalue weighted by molar-refractivity contribution is 0.151. The molecule has 1 rings (SSSR count). The Morgan fingerprint density at radius 1 is 1.36 bits per heavy atom. The minimum atomic E-state index is -2.44. The van der Waals surface area contributed by atoms with Crippen LogP contribution in [0.25, 0.3) is 0 Å². The molecule has 0 nitrogen and oxygen atoms in total. The van der Waals surface area contributed by atoms with E-state index in [1.165, 1.54) is 18.2 Å². The van der Waals surface area contributed by atoms with Crippen LogP contribution >= 0.6 is 27.5 Å². The van der Waals surface area contributed by atoms with Crippen LogP contribution in [0.2, 0.25) is 5.02 Å². The largest absolute Gasteiger partial charge is 0.263 e. The van der Waals surface area contributed by atoms with Crippen LogP contribution in [0.5, 0.6) is 0 Å².